The minimum absolute atomic E-state index is 0.215. The summed E-state index contributed by atoms with van der Waals surface area (Å²) in [5.74, 6) is 0. The first-order valence-corrected chi connectivity index (χ1v) is 10.7. The van der Waals surface area contributed by atoms with Gasteiger partial charge in [0.15, 0.2) is 0 Å². The van der Waals surface area contributed by atoms with E-state index in [9.17, 15) is 8.42 Å². The summed E-state index contributed by atoms with van der Waals surface area (Å²) in [6.45, 7) is 6.62. The SMILES string of the molecule is CC(C)(C)S(=O)(=O)N1CCc2ccc(Cc3nc(Cl)nc4c3COC4)cc21. The van der Waals surface area contributed by atoms with Crippen LogP contribution >= 0.6 is 11.6 Å². The Bertz CT molecular complexity index is 1020. The van der Waals surface area contributed by atoms with E-state index in [0.717, 1.165) is 40.2 Å². The third-order valence-electron chi connectivity index (χ3n) is 5.07. The minimum atomic E-state index is -3.43. The normalized spacial score (nSPS) is 16.5. The molecule has 27 heavy (non-hydrogen) atoms. The van der Waals surface area contributed by atoms with Gasteiger partial charge in [0.25, 0.3) is 0 Å². The van der Waals surface area contributed by atoms with Crippen LogP contribution in [0.15, 0.2) is 18.2 Å². The number of nitrogens with zero attached hydrogens (tertiary/aromatic N) is 3. The number of ether oxygens (including phenoxy) is 1. The zero-order chi connectivity index (χ0) is 19.4. The lowest BCUT2D eigenvalue weighted by Gasteiger charge is -2.28. The highest BCUT2D eigenvalue weighted by Gasteiger charge is 2.38. The molecule has 2 aromatic rings. The third kappa shape index (κ3) is 3.22. The molecule has 0 aliphatic carbocycles. The van der Waals surface area contributed by atoms with Crippen molar-refractivity contribution in [3.05, 3.63) is 51.6 Å². The predicted octanol–water partition coefficient (Wildman–Crippen LogP) is 3.24. The summed E-state index contributed by atoms with van der Waals surface area (Å²) >= 11 is 6.06. The summed E-state index contributed by atoms with van der Waals surface area (Å²) in [4.78, 5) is 8.61. The van der Waals surface area contributed by atoms with Crippen LogP contribution in [0.3, 0.4) is 0 Å². The zero-order valence-corrected chi connectivity index (χ0v) is 17.2. The quantitative estimate of drug-likeness (QED) is 0.730. The average Bonchev–Trinajstić information content (AvgIpc) is 3.19. The monoisotopic (exact) mass is 407 g/mol. The third-order valence-corrected chi connectivity index (χ3v) is 7.75. The highest BCUT2D eigenvalue weighted by atomic mass is 35.5. The minimum Gasteiger partial charge on any atom is -0.370 e. The molecule has 4 rings (SSSR count). The van der Waals surface area contributed by atoms with Crippen molar-refractivity contribution in [2.24, 2.45) is 0 Å². The molecule has 144 valence electrons. The van der Waals surface area contributed by atoms with Gasteiger partial charge < -0.3 is 4.74 Å². The van der Waals surface area contributed by atoms with Crippen LogP contribution in [-0.4, -0.2) is 29.7 Å². The van der Waals surface area contributed by atoms with Crippen LogP contribution in [0.1, 0.15) is 48.8 Å². The van der Waals surface area contributed by atoms with Crippen LogP contribution in [0.2, 0.25) is 5.28 Å². The van der Waals surface area contributed by atoms with Crippen LogP contribution in [0, 0.1) is 0 Å². The lowest BCUT2D eigenvalue weighted by molar-refractivity contribution is 0.133. The zero-order valence-electron chi connectivity index (χ0n) is 15.6. The fourth-order valence-electron chi connectivity index (χ4n) is 3.51. The standard InChI is InChI=1S/C19H22ClN3O3S/c1-19(2,3)27(24,25)23-7-6-13-5-4-12(9-17(13)23)8-15-14-10-26-11-16(14)22-18(20)21-15/h4-5,9H,6-8,10-11H2,1-3H3. The Labute approximate surface area is 164 Å². The fourth-order valence-corrected chi connectivity index (χ4v) is 5.14. The Morgan fingerprint density at radius 2 is 2.00 bits per heavy atom. The molecular formula is C19H22ClN3O3S. The first-order chi connectivity index (χ1) is 12.7. The maximum atomic E-state index is 13.0. The van der Waals surface area contributed by atoms with Gasteiger partial charge in [0.05, 0.1) is 35.0 Å². The van der Waals surface area contributed by atoms with Crippen molar-refractivity contribution in [2.45, 2.75) is 51.6 Å². The molecule has 0 N–H and O–H groups in total. The van der Waals surface area contributed by atoms with Crippen LogP contribution in [0.5, 0.6) is 0 Å². The summed E-state index contributed by atoms with van der Waals surface area (Å²) in [5, 5.41) is 0.215. The number of rotatable bonds is 3. The molecule has 6 nitrogen and oxygen atoms in total. The van der Waals surface area contributed by atoms with E-state index in [1.807, 2.05) is 18.2 Å². The van der Waals surface area contributed by atoms with Crippen molar-refractivity contribution >= 4 is 27.3 Å². The summed E-state index contributed by atoms with van der Waals surface area (Å²) < 4.78 is 32.1. The van der Waals surface area contributed by atoms with Crippen LogP contribution in [0.4, 0.5) is 5.69 Å². The molecule has 0 fully saturated rings. The molecule has 1 aromatic carbocycles. The van der Waals surface area contributed by atoms with Gasteiger partial charge in [0.2, 0.25) is 15.3 Å². The predicted molar refractivity (Wildman–Crippen MR) is 105 cm³/mol. The van der Waals surface area contributed by atoms with E-state index < -0.39 is 14.8 Å². The Kier molecular flexibility index (Phi) is 4.44. The number of fused-ring (bicyclic) bond motifs is 2. The number of aromatic nitrogens is 2. The van der Waals surface area contributed by atoms with Gasteiger partial charge in [-0.15, -0.1) is 0 Å². The number of hydrogen-bond acceptors (Lipinski definition) is 5. The molecule has 0 saturated heterocycles. The Balaban J connectivity index is 1.70. The summed E-state index contributed by atoms with van der Waals surface area (Å²) in [6, 6.07) is 6.01. The number of hydrogen-bond donors (Lipinski definition) is 0. The number of benzene rings is 1. The molecule has 2 aliphatic heterocycles. The van der Waals surface area contributed by atoms with Gasteiger partial charge in [-0.05, 0) is 56.0 Å². The first kappa shape index (κ1) is 18.7. The second kappa shape index (κ2) is 6.43. The molecule has 0 unspecified atom stereocenters. The molecule has 3 heterocycles. The summed E-state index contributed by atoms with van der Waals surface area (Å²) in [6.07, 6.45) is 1.29. The maximum absolute atomic E-state index is 13.0. The first-order valence-electron chi connectivity index (χ1n) is 8.93. The number of anilines is 1. The van der Waals surface area contributed by atoms with Gasteiger partial charge in [-0.1, -0.05) is 12.1 Å². The average molecular weight is 408 g/mol. The van der Waals surface area contributed by atoms with E-state index >= 15 is 0 Å². The Morgan fingerprint density at radius 3 is 2.74 bits per heavy atom. The van der Waals surface area contributed by atoms with Crippen LogP contribution in [-0.2, 0) is 40.8 Å². The maximum Gasteiger partial charge on any atom is 0.240 e. The van der Waals surface area contributed by atoms with Gasteiger partial charge >= 0.3 is 0 Å². The lowest BCUT2D eigenvalue weighted by atomic mass is 10.0. The van der Waals surface area contributed by atoms with Crippen molar-refractivity contribution in [3.8, 4) is 0 Å². The molecule has 1 aromatic heterocycles. The number of sulfonamides is 1. The molecule has 0 radical (unpaired) electrons. The largest absolute Gasteiger partial charge is 0.370 e. The molecule has 0 bridgehead atoms. The van der Waals surface area contributed by atoms with E-state index in [1.165, 1.54) is 0 Å². The van der Waals surface area contributed by atoms with Crippen LogP contribution < -0.4 is 4.31 Å². The smallest absolute Gasteiger partial charge is 0.240 e. The summed E-state index contributed by atoms with van der Waals surface area (Å²) in [7, 11) is -3.43. The summed E-state index contributed by atoms with van der Waals surface area (Å²) in [5.41, 5.74) is 5.48. The van der Waals surface area contributed by atoms with Gasteiger partial charge in [0.1, 0.15) is 0 Å². The fraction of sp³-hybridized carbons (Fsp3) is 0.474. The van der Waals surface area contributed by atoms with Crippen LogP contribution in [0.25, 0.3) is 0 Å². The van der Waals surface area contributed by atoms with Crippen molar-refractivity contribution in [1.82, 2.24) is 9.97 Å². The van der Waals surface area contributed by atoms with Gasteiger partial charge in [0, 0.05) is 18.5 Å². The van der Waals surface area contributed by atoms with Crippen molar-refractivity contribution in [2.75, 3.05) is 10.8 Å². The molecular weight excluding hydrogens is 386 g/mol. The highest BCUT2D eigenvalue weighted by molar-refractivity contribution is 7.94. The molecule has 0 saturated carbocycles. The molecule has 8 heteroatoms. The molecule has 0 spiro atoms. The topological polar surface area (TPSA) is 72.4 Å². The second-order valence-electron chi connectivity index (χ2n) is 7.94. The van der Waals surface area contributed by atoms with Crippen molar-refractivity contribution < 1.29 is 13.2 Å². The van der Waals surface area contributed by atoms with Crippen molar-refractivity contribution in [3.63, 3.8) is 0 Å². The second-order valence-corrected chi connectivity index (χ2v) is 10.9. The number of halogens is 1. The van der Waals surface area contributed by atoms with E-state index in [0.29, 0.717) is 26.2 Å². The molecule has 0 atom stereocenters. The molecule has 0 amide bonds. The lowest BCUT2D eigenvalue weighted by Crippen LogP contribution is -2.42. The highest BCUT2D eigenvalue weighted by Crippen LogP contribution is 2.36. The van der Waals surface area contributed by atoms with E-state index in [4.69, 9.17) is 16.3 Å². The van der Waals surface area contributed by atoms with Crippen molar-refractivity contribution in [1.29, 1.82) is 0 Å². The van der Waals surface area contributed by atoms with Gasteiger partial charge in [-0.25, -0.2) is 18.4 Å². The van der Waals surface area contributed by atoms with Gasteiger partial charge in [-0.3, -0.25) is 4.31 Å². The Morgan fingerprint density at radius 1 is 1.22 bits per heavy atom. The van der Waals surface area contributed by atoms with Gasteiger partial charge in [-0.2, -0.15) is 0 Å². The molecule has 2 aliphatic rings. The van der Waals surface area contributed by atoms with E-state index in [-0.39, 0.29) is 5.28 Å². The van der Waals surface area contributed by atoms with E-state index in [2.05, 4.69) is 9.97 Å². The Hall–Kier alpha value is -1.70. The van der Waals surface area contributed by atoms with E-state index in [1.54, 1.807) is 25.1 Å².